The van der Waals surface area contributed by atoms with Crippen LogP contribution >= 0.6 is 0 Å². The van der Waals surface area contributed by atoms with Crippen LogP contribution in [0.2, 0.25) is 0 Å². The number of esters is 1. The highest BCUT2D eigenvalue weighted by atomic mass is 19.4. The molecule has 0 aliphatic carbocycles. The SMILES string of the molecule is CC(C)CCCOC(=O)c1ccc(OC(F)(F)F)c(N)c1. The normalized spacial score (nSPS) is 11.5. The summed E-state index contributed by atoms with van der Waals surface area (Å²) in [5.74, 6) is -0.652. The number of halogens is 3. The van der Waals surface area contributed by atoms with Crippen LogP contribution in [0.4, 0.5) is 18.9 Å². The highest BCUT2D eigenvalue weighted by Crippen LogP contribution is 2.29. The third-order valence-corrected chi connectivity index (χ3v) is 2.63. The van der Waals surface area contributed by atoms with Crippen molar-refractivity contribution in [1.82, 2.24) is 0 Å². The second-order valence-corrected chi connectivity index (χ2v) is 4.97. The average molecular weight is 305 g/mol. The van der Waals surface area contributed by atoms with Gasteiger partial charge in [0.25, 0.3) is 0 Å². The van der Waals surface area contributed by atoms with Crippen molar-refractivity contribution < 1.29 is 27.4 Å². The van der Waals surface area contributed by atoms with E-state index in [0.717, 1.165) is 25.0 Å². The Balaban J connectivity index is 2.60. The topological polar surface area (TPSA) is 61.5 Å². The second kappa shape index (κ2) is 7.19. The number of alkyl halides is 3. The van der Waals surface area contributed by atoms with Crippen LogP contribution in [0.25, 0.3) is 0 Å². The van der Waals surface area contributed by atoms with Gasteiger partial charge in [-0.3, -0.25) is 0 Å². The highest BCUT2D eigenvalue weighted by Gasteiger charge is 2.32. The van der Waals surface area contributed by atoms with E-state index in [2.05, 4.69) is 18.6 Å². The third-order valence-electron chi connectivity index (χ3n) is 2.63. The third kappa shape index (κ3) is 6.37. The molecule has 0 fully saturated rings. The van der Waals surface area contributed by atoms with Crippen LogP contribution in [0.15, 0.2) is 18.2 Å². The lowest BCUT2D eigenvalue weighted by molar-refractivity contribution is -0.274. The molecule has 0 spiro atoms. The Morgan fingerprint density at radius 2 is 2.00 bits per heavy atom. The van der Waals surface area contributed by atoms with Gasteiger partial charge in [-0.1, -0.05) is 13.8 Å². The summed E-state index contributed by atoms with van der Waals surface area (Å²) < 4.78 is 45.0. The predicted molar refractivity (Wildman–Crippen MR) is 71.9 cm³/mol. The summed E-state index contributed by atoms with van der Waals surface area (Å²) in [6.45, 7) is 4.38. The molecule has 0 bridgehead atoms. The average Bonchev–Trinajstić information content (AvgIpc) is 2.35. The van der Waals surface area contributed by atoms with E-state index < -0.39 is 18.1 Å². The number of anilines is 1. The van der Waals surface area contributed by atoms with Gasteiger partial charge in [0.1, 0.15) is 0 Å². The first-order valence-electron chi connectivity index (χ1n) is 6.51. The Morgan fingerprint density at radius 3 is 2.52 bits per heavy atom. The number of hydrogen-bond acceptors (Lipinski definition) is 4. The molecule has 0 unspecified atom stereocenters. The molecule has 1 rings (SSSR count). The molecule has 118 valence electrons. The summed E-state index contributed by atoms with van der Waals surface area (Å²) in [7, 11) is 0. The molecule has 7 heteroatoms. The number of nitrogen functional groups attached to an aromatic ring is 1. The first-order chi connectivity index (χ1) is 9.69. The van der Waals surface area contributed by atoms with Crippen LogP contribution in [0.1, 0.15) is 37.0 Å². The van der Waals surface area contributed by atoms with Crippen molar-refractivity contribution in [3.8, 4) is 5.75 Å². The first-order valence-corrected chi connectivity index (χ1v) is 6.51. The van der Waals surface area contributed by atoms with Gasteiger partial charge >= 0.3 is 12.3 Å². The largest absolute Gasteiger partial charge is 0.573 e. The maximum absolute atomic E-state index is 12.1. The van der Waals surface area contributed by atoms with Crippen LogP contribution < -0.4 is 10.5 Å². The van der Waals surface area contributed by atoms with E-state index in [9.17, 15) is 18.0 Å². The summed E-state index contributed by atoms with van der Waals surface area (Å²) in [6, 6.07) is 3.28. The number of carbonyl (C=O) groups excluding carboxylic acids is 1. The van der Waals surface area contributed by atoms with E-state index in [-0.39, 0.29) is 17.9 Å². The fourth-order valence-corrected chi connectivity index (χ4v) is 1.63. The van der Waals surface area contributed by atoms with Crippen molar-refractivity contribution in [3.05, 3.63) is 23.8 Å². The van der Waals surface area contributed by atoms with Gasteiger partial charge in [-0.15, -0.1) is 13.2 Å². The lowest BCUT2D eigenvalue weighted by Crippen LogP contribution is -2.18. The smallest absolute Gasteiger partial charge is 0.462 e. The quantitative estimate of drug-likeness (QED) is 0.494. The van der Waals surface area contributed by atoms with Gasteiger partial charge in [0, 0.05) is 0 Å². The maximum Gasteiger partial charge on any atom is 0.573 e. The fraction of sp³-hybridized carbons (Fsp3) is 0.500. The van der Waals surface area contributed by atoms with Crippen LogP contribution in [-0.2, 0) is 4.74 Å². The molecule has 2 N–H and O–H groups in total. The van der Waals surface area contributed by atoms with Crippen LogP contribution in [0.5, 0.6) is 5.75 Å². The van der Waals surface area contributed by atoms with E-state index in [0.29, 0.717) is 5.92 Å². The Morgan fingerprint density at radius 1 is 1.33 bits per heavy atom. The standard InChI is InChI=1S/C14H18F3NO3/c1-9(2)4-3-7-20-13(19)10-5-6-12(11(18)8-10)21-14(15,16)17/h5-6,8-9H,3-4,7,18H2,1-2H3. The molecular formula is C14H18F3NO3. The van der Waals surface area contributed by atoms with Gasteiger partial charge in [0.15, 0.2) is 5.75 Å². The summed E-state index contributed by atoms with van der Waals surface area (Å²) in [6.07, 6.45) is -3.17. The minimum atomic E-state index is -4.83. The molecule has 0 aromatic heterocycles. The molecule has 0 amide bonds. The van der Waals surface area contributed by atoms with Crippen molar-refractivity contribution in [1.29, 1.82) is 0 Å². The van der Waals surface area contributed by atoms with Crippen molar-refractivity contribution >= 4 is 11.7 Å². The molecule has 0 radical (unpaired) electrons. The number of benzene rings is 1. The molecule has 0 saturated carbocycles. The molecule has 1 aromatic rings. The molecule has 4 nitrogen and oxygen atoms in total. The zero-order chi connectivity index (χ0) is 16.0. The zero-order valence-electron chi connectivity index (χ0n) is 11.9. The van der Waals surface area contributed by atoms with Crippen molar-refractivity contribution in [2.75, 3.05) is 12.3 Å². The van der Waals surface area contributed by atoms with Gasteiger partial charge in [-0.05, 0) is 37.0 Å². The monoisotopic (exact) mass is 305 g/mol. The lowest BCUT2D eigenvalue weighted by atomic mass is 10.1. The molecule has 21 heavy (non-hydrogen) atoms. The lowest BCUT2D eigenvalue weighted by Gasteiger charge is -2.12. The minimum Gasteiger partial charge on any atom is -0.462 e. The van der Waals surface area contributed by atoms with Crippen LogP contribution in [0.3, 0.4) is 0 Å². The Labute approximate surface area is 121 Å². The molecule has 1 aromatic carbocycles. The number of nitrogens with two attached hydrogens (primary N) is 1. The van der Waals surface area contributed by atoms with Gasteiger partial charge < -0.3 is 15.2 Å². The van der Waals surface area contributed by atoms with Gasteiger partial charge in [0.05, 0.1) is 17.9 Å². The van der Waals surface area contributed by atoms with E-state index in [1.54, 1.807) is 0 Å². The molecule has 0 atom stereocenters. The summed E-state index contributed by atoms with van der Waals surface area (Å²) in [4.78, 5) is 11.7. The number of carbonyl (C=O) groups is 1. The molecule has 0 aliphatic heterocycles. The van der Waals surface area contributed by atoms with Crippen molar-refractivity contribution in [3.63, 3.8) is 0 Å². The molecule has 0 aliphatic rings. The first kappa shape index (κ1) is 17.1. The molecule has 0 saturated heterocycles. The second-order valence-electron chi connectivity index (χ2n) is 4.97. The summed E-state index contributed by atoms with van der Waals surface area (Å²) >= 11 is 0. The van der Waals surface area contributed by atoms with E-state index in [1.165, 1.54) is 6.07 Å². The Bertz CT molecular complexity index is 487. The summed E-state index contributed by atoms with van der Waals surface area (Å²) in [5, 5.41) is 0. The molecular weight excluding hydrogens is 287 g/mol. The number of ether oxygens (including phenoxy) is 2. The molecule has 0 heterocycles. The van der Waals surface area contributed by atoms with E-state index in [1.807, 2.05) is 0 Å². The van der Waals surface area contributed by atoms with Crippen molar-refractivity contribution in [2.24, 2.45) is 5.92 Å². The number of hydrogen-bond donors (Lipinski definition) is 1. The highest BCUT2D eigenvalue weighted by molar-refractivity contribution is 5.91. The minimum absolute atomic E-state index is 0.0894. The van der Waals surface area contributed by atoms with Crippen LogP contribution in [-0.4, -0.2) is 18.9 Å². The summed E-state index contributed by atoms with van der Waals surface area (Å²) in [5.41, 5.74) is 5.24. The Hall–Kier alpha value is -1.92. The van der Waals surface area contributed by atoms with Gasteiger partial charge in [-0.25, -0.2) is 4.79 Å². The van der Waals surface area contributed by atoms with E-state index >= 15 is 0 Å². The van der Waals surface area contributed by atoms with Crippen molar-refractivity contribution in [2.45, 2.75) is 33.1 Å². The maximum atomic E-state index is 12.1. The zero-order valence-corrected chi connectivity index (χ0v) is 11.9. The Kier molecular flexibility index (Phi) is 5.87. The van der Waals surface area contributed by atoms with Gasteiger partial charge in [0.2, 0.25) is 0 Å². The fourth-order valence-electron chi connectivity index (χ4n) is 1.63. The van der Waals surface area contributed by atoms with E-state index in [4.69, 9.17) is 10.5 Å². The number of rotatable bonds is 6. The van der Waals surface area contributed by atoms with Crippen LogP contribution in [0, 0.1) is 5.92 Å². The predicted octanol–water partition coefficient (Wildman–Crippen LogP) is 3.76. The van der Waals surface area contributed by atoms with Gasteiger partial charge in [-0.2, -0.15) is 0 Å².